The third-order valence-corrected chi connectivity index (χ3v) is 7.05. The third kappa shape index (κ3) is 5.22. The average molecular weight is 490 g/mol. The van der Waals surface area contributed by atoms with E-state index in [1.807, 2.05) is 24.0 Å². The van der Waals surface area contributed by atoms with E-state index < -0.39 is 15.7 Å². The van der Waals surface area contributed by atoms with Gasteiger partial charge in [-0.05, 0) is 61.7 Å². The Morgan fingerprint density at radius 3 is 2.52 bits per heavy atom. The molecule has 1 saturated carbocycles. The molecule has 2 aromatic heterocycles. The topological polar surface area (TPSA) is 116 Å². The van der Waals surface area contributed by atoms with Crippen LogP contribution in [0.5, 0.6) is 0 Å². The molecule has 1 aliphatic heterocycles. The summed E-state index contributed by atoms with van der Waals surface area (Å²) >= 11 is 1.34. The first-order valence-electron chi connectivity index (χ1n) is 10.5. The molecule has 1 aliphatic carbocycles. The number of alkyl halides is 1. The van der Waals surface area contributed by atoms with Crippen LogP contribution in [0, 0.1) is 12.8 Å². The molecule has 174 valence electrons. The number of anilines is 4. The first kappa shape index (κ1) is 22.0. The summed E-state index contributed by atoms with van der Waals surface area (Å²) in [5, 5.41) is 10.7. The number of aromatic amines is 1. The predicted octanol–water partition coefficient (Wildman–Crippen LogP) is 3.71. The van der Waals surface area contributed by atoms with Gasteiger partial charge in [-0.25, -0.2) is 22.8 Å². The van der Waals surface area contributed by atoms with Gasteiger partial charge in [0.25, 0.3) is 0 Å². The van der Waals surface area contributed by atoms with Gasteiger partial charge in [0.05, 0.1) is 25.0 Å². The first-order valence-corrected chi connectivity index (χ1v) is 13.2. The maximum Gasteiger partial charge on any atom is 0.229 e. The maximum absolute atomic E-state index is 14.9. The largest absolute Gasteiger partial charge is 0.350 e. The molecule has 9 nitrogen and oxygen atoms in total. The quantitative estimate of drug-likeness (QED) is 0.410. The van der Waals surface area contributed by atoms with E-state index in [2.05, 4.69) is 30.2 Å². The van der Waals surface area contributed by atoms with Gasteiger partial charge in [0.2, 0.25) is 10.0 Å². The van der Waals surface area contributed by atoms with Crippen molar-refractivity contribution in [3.05, 3.63) is 42.1 Å². The summed E-state index contributed by atoms with van der Waals surface area (Å²) in [6.45, 7) is 2.57. The van der Waals surface area contributed by atoms with Gasteiger partial charge >= 0.3 is 0 Å². The normalized spacial score (nSPS) is 17.5. The molecule has 33 heavy (non-hydrogen) atoms. The summed E-state index contributed by atoms with van der Waals surface area (Å²) in [7, 11) is -3.34. The van der Waals surface area contributed by atoms with Crippen LogP contribution in [0.4, 0.5) is 27.5 Å². The minimum Gasteiger partial charge on any atom is -0.350 e. The van der Waals surface area contributed by atoms with Gasteiger partial charge in [0, 0.05) is 22.7 Å². The molecular formula is C21H24FN7O2S2. The standard InChI is InChI=1S/C21H24FN7O2S2/c1-13-9-18(27-26-13)23-17-10-19(29-11-21(22,12-29)14-3-4-14)25-20(24-17)32-16-7-5-15(6-8-16)28-33(2,30)31/h5-10,14,28H,3-4,11-12H2,1-2H3,(H2,23,24,25,26,27). The molecule has 0 bridgehead atoms. The minimum atomic E-state index is -3.34. The first-order chi connectivity index (χ1) is 15.6. The van der Waals surface area contributed by atoms with Crippen LogP contribution in [0.2, 0.25) is 0 Å². The lowest BCUT2D eigenvalue weighted by Gasteiger charge is -2.45. The molecule has 1 aromatic carbocycles. The second kappa shape index (κ2) is 8.17. The van der Waals surface area contributed by atoms with Crippen LogP contribution in [0.3, 0.4) is 0 Å². The second-order valence-electron chi connectivity index (χ2n) is 8.61. The molecule has 1 saturated heterocycles. The molecule has 3 N–H and O–H groups in total. The summed E-state index contributed by atoms with van der Waals surface area (Å²) in [6, 6.07) is 10.6. The Morgan fingerprint density at radius 2 is 1.91 bits per heavy atom. The number of hydrogen-bond acceptors (Lipinski definition) is 8. The summed E-state index contributed by atoms with van der Waals surface area (Å²) in [6.07, 6.45) is 3.03. The van der Waals surface area contributed by atoms with Crippen molar-refractivity contribution in [3.8, 4) is 0 Å². The number of hydrogen-bond donors (Lipinski definition) is 3. The fourth-order valence-electron chi connectivity index (χ4n) is 3.83. The molecule has 0 amide bonds. The summed E-state index contributed by atoms with van der Waals surface area (Å²) in [4.78, 5) is 12.0. The van der Waals surface area contributed by atoms with Crippen LogP contribution in [-0.2, 0) is 10.0 Å². The predicted molar refractivity (Wildman–Crippen MR) is 126 cm³/mol. The maximum atomic E-state index is 14.9. The van der Waals surface area contributed by atoms with E-state index >= 15 is 0 Å². The van der Waals surface area contributed by atoms with Crippen LogP contribution in [0.1, 0.15) is 18.5 Å². The highest BCUT2D eigenvalue weighted by atomic mass is 32.2. The molecule has 3 heterocycles. The molecular weight excluding hydrogens is 465 g/mol. The molecule has 0 spiro atoms. The molecule has 0 radical (unpaired) electrons. The Bertz CT molecular complexity index is 1270. The van der Waals surface area contributed by atoms with E-state index in [4.69, 9.17) is 0 Å². The zero-order chi connectivity index (χ0) is 23.2. The van der Waals surface area contributed by atoms with Gasteiger partial charge in [0.1, 0.15) is 23.1 Å². The van der Waals surface area contributed by atoms with Crippen molar-refractivity contribution >= 4 is 44.9 Å². The van der Waals surface area contributed by atoms with Crippen LogP contribution >= 0.6 is 11.8 Å². The second-order valence-corrected chi connectivity index (χ2v) is 11.4. The van der Waals surface area contributed by atoms with Crippen LogP contribution in [0.15, 0.2) is 46.5 Å². The van der Waals surface area contributed by atoms with Gasteiger partial charge in [-0.1, -0.05) is 0 Å². The van der Waals surface area contributed by atoms with E-state index in [9.17, 15) is 12.8 Å². The molecule has 2 aliphatic rings. The van der Waals surface area contributed by atoms with Gasteiger partial charge in [0.15, 0.2) is 5.16 Å². The minimum absolute atomic E-state index is 0.175. The summed E-state index contributed by atoms with van der Waals surface area (Å²) < 4.78 is 40.2. The molecule has 12 heteroatoms. The van der Waals surface area contributed by atoms with Crippen molar-refractivity contribution < 1.29 is 12.8 Å². The molecule has 3 aromatic rings. The monoisotopic (exact) mass is 489 g/mol. The lowest BCUT2D eigenvalue weighted by atomic mass is 9.91. The number of halogens is 1. The van der Waals surface area contributed by atoms with Crippen molar-refractivity contribution in [2.45, 2.75) is 35.5 Å². The van der Waals surface area contributed by atoms with E-state index in [0.717, 1.165) is 29.7 Å². The fourth-order valence-corrected chi connectivity index (χ4v) is 5.16. The zero-order valence-corrected chi connectivity index (χ0v) is 19.8. The van der Waals surface area contributed by atoms with E-state index in [1.54, 1.807) is 24.3 Å². The Balaban J connectivity index is 1.37. The number of nitrogens with zero attached hydrogens (tertiary/aromatic N) is 4. The van der Waals surface area contributed by atoms with Gasteiger partial charge in [-0.2, -0.15) is 5.10 Å². The van der Waals surface area contributed by atoms with Crippen LogP contribution in [0.25, 0.3) is 0 Å². The Hall–Kier alpha value is -2.86. The highest BCUT2D eigenvalue weighted by Crippen LogP contribution is 2.48. The van der Waals surface area contributed by atoms with E-state index in [0.29, 0.717) is 41.4 Å². The van der Waals surface area contributed by atoms with Crippen LogP contribution < -0.4 is 14.9 Å². The summed E-state index contributed by atoms with van der Waals surface area (Å²) in [5.41, 5.74) is 0.210. The highest BCUT2D eigenvalue weighted by Gasteiger charge is 2.54. The Labute approximate surface area is 195 Å². The highest BCUT2D eigenvalue weighted by molar-refractivity contribution is 7.99. The Kier molecular flexibility index (Phi) is 5.44. The summed E-state index contributed by atoms with van der Waals surface area (Å²) in [5.74, 6) is 2.11. The average Bonchev–Trinajstić information content (AvgIpc) is 3.49. The van der Waals surface area contributed by atoms with Crippen LogP contribution in [-0.4, -0.2) is 53.6 Å². The number of nitrogens with one attached hydrogen (secondary N) is 3. The van der Waals surface area contributed by atoms with Gasteiger partial charge < -0.3 is 10.2 Å². The molecule has 5 rings (SSSR count). The van der Waals surface area contributed by atoms with E-state index in [-0.39, 0.29) is 5.92 Å². The number of benzene rings is 1. The van der Waals surface area contributed by atoms with Crippen molar-refractivity contribution in [1.29, 1.82) is 0 Å². The lowest BCUT2D eigenvalue weighted by molar-refractivity contribution is 0.0924. The SMILES string of the molecule is Cc1cc(Nc2cc(N3CC(F)(C4CC4)C3)nc(Sc3ccc(NS(C)(=O)=O)cc3)n2)[nH]n1. The number of rotatable bonds is 8. The van der Waals surface area contributed by atoms with E-state index in [1.165, 1.54) is 11.8 Å². The fraction of sp³-hybridized carbons (Fsp3) is 0.381. The van der Waals surface area contributed by atoms with Crippen molar-refractivity contribution in [2.24, 2.45) is 5.92 Å². The number of aryl methyl sites for hydroxylation is 1. The third-order valence-electron chi connectivity index (χ3n) is 5.57. The van der Waals surface area contributed by atoms with Crippen molar-refractivity contribution in [2.75, 3.05) is 34.3 Å². The zero-order valence-electron chi connectivity index (χ0n) is 18.2. The van der Waals surface area contributed by atoms with Gasteiger partial charge in [-0.3, -0.25) is 9.82 Å². The number of H-pyrrole nitrogens is 1. The Morgan fingerprint density at radius 1 is 1.18 bits per heavy atom. The smallest absolute Gasteiger partial charge is 0.229 e. The lowest BCUT2D eigenvalue weighted by Crippen LogP contribution is -2.60. The van der Waals surface area contributed by atoms with Gasteiger partial charge in [-0.15, -0.1) is 0 Å². The molecule has 0 atom stereocenters. The van der Waals surface area contributed by atoms with Crippen molar-refractivity contribution in [1.82, 2.24) is 20.2 Å². The molecule has 0 unspecified atom stereocenters. The number of sulfonamides is 1. The molecule has 2 fully saturated rings. The number of aromatic nitrogens is 4. The van der Waals surface area contributed by atoms with Crippen molar-refractivity contribution in [3.63, 3.8) is 0 Å².